The lowest BCUT2D eigenvalue weighted by Gasteiger charge is -2.11. The van der Waals surface area contributed by atoms with Crippen LogP contribution in [0.15, 0.2) is 35.5 Å². The van der Waals surface area contributed by atoms with Crippen molar-refractivity contribution in [3.05, 3.63) is 62.3 Å². The Morgan fingerprint density at radius 3 is 2.33 bits per heavy atom. The molecule has 0 heterocycles. The van der Waals surface area contributed by atoms with Gasteiger partial charge >= 0.3 is 0 Å². The Kier molecular flexibility index (Phi) is 5.28. The predicted molar refractivity (Wildman–Crippen MR) is 81.6 cm³/mol. The van der Waals surface area contributed by atoms with Gasteiger partial charge in [-0.25, -0.2) is 4.39 Å². The second-order valence-electron chi connectivity index (χ2n) is 4.08. The van der Waals surface area contributed by atoms with Gasteiger partial charge in [-0.05, 0) is 29.8 Å². The van der Waals surface area contributed by atoms with Crippen LogP contribution in [0.4, 0.5) is 4.39 Å². The highest BCUT2D eigenvalue weighted by atomic mass is 35.5. The zero-order valence-corrected chi connectivity index (χ0v) is 12.8. The van der Waals surface area contributed by atoms with E-state index >= 15 is 0 Å². The van der Waals surface area contributed by atoms with Crippen LogP contribution in [0.5, 0.6) is 5.75 Å². The Hall–Kier alpha value is -1.49. The van der Waals surface area contributed by atoms with E-state index in [1.165, 1.54) is 36.5 Å². The van der Waals surface area contributed by atoms with E-state index in [-0.39, 0.29) is 27.4 Å². The summed E-state index contributed by atoms with van der Waals surface area (Å²) in [5.74, 6) is -0.152. The summed E-state index contributed by atoms with van der Waals surface area (Å²) in [5, 5.41) is 12.2. The zero-order chi connectivity index (χ0) is 15.4. The minimum absolute atomic E-state index is 0.0893. The van der Waals surface area contributed by atoms with Crippen molar-refractivity contribution in [1.29, 1.82) is 0 Å². The van der Waals surface area contributed by atoms with Gasteiger partial charge in [0.05, 0.1) is 21.3 Å². The lowest BCUT2D eigenvalue weighted by atomic mass is 10.2. The Balaban J connectivity index is 2.20. The van der Waals surface area contributed by atoms with Gasteiger partial charge in [-0.3, -0.25) is 0 Å². The van der Waals surface area contributed by atoms with Gasteiger partial charge in [0, 0.05) is 5.56 Å². The van der Waals surface area contributed by atoms with Crippen molar-refractivity contribution in [2.45, 2.75) is 6.61 Å². The molecule has 0 unspecified atom stereocenters. The number of halogens is 4. The van der Waals surface area contributed by atoms with Gasteiger partial charge in [-0.2, -0.15) is 0 Å². The van der Waals surface area contributed by atoms with Crippen LogP contribution in [0.25, 0.3) is 0 Å². The molecule has 0 spiro atoms. The van der Waals surface area contributed by atoms with Crippen molar-refractivity contribution in [2.75, 3.05) is 0 Å². The van der Waals surface area contributed by atoms with E-state index in [0.29, 0.717) is 11.1 Å². The number of hydrogen-bond donors (Lipinski definition) is 1. The first-order chi connectivity index (χ1) is 10.0. The number of rotatable bonds is 4. The van der Waals surface area contributed by atoms with Crippen LogP contribution in [0, 0.1) is 5.82 Å². The minimum Gasteiger partial charge on any atom is -0.486 e. The normalized spacial score (nSPS) is 11.0. The van der Waals surface area contributed by atoms with Crippen molar-refractivity contribution in [3.63, 3.8) is 0 Å². The quantitative estimate of drug-likeness (QED) is 0.470. The summed E-state index contributed by atoms with van der Waals surface area (Å²) in [6.45, 7) is 0.0893. The van der Waals surface area contributed by atoms with E-state index < -0.39 is 5.82 Å². The van der Waals surface area contributed by atoms with Crippen molar-refractivity contribution in [3.8, 4) is 5.75 Å². The average Bonchev–Trinajstić information content (AvgIpc) is 2.40. The van der Waals surface area contributed by atoms with Gasteiger partial charge in [0.2, 0.25) is 0 Å². The zero-order valence-electron chi connectivity index (χ0n) is 10.5. The van der Waals surface area contributed by atoms with E-state index in [9.17, 15) is 4.39 Å². The van der Waals surface area contributed by atoms with E-state index in [4.69, 9.17) is 44.7 Å². The number of benzene rings is 2. The first-order valence-corrected chi connectivity index (χ1v) is 6.88. The molecule has 7 heteroatoms. The van der Waals surface area contributed by atoms with Crippen LogP contribution in [0.3, 0.4) is 0 Å². The number of ether oxygens (including phenoxy) is 1. The molecule has 0 aliphatic heterocycles. The molecule has 0 saturated carbocycles. The van der Waals surface area contributed by atoms with E-state index in [0.717, 1.165) is 0 Å². The van der Waals surface area contributed by atoms with Crippen molar-refractivity contribution in [2.24, 2.45) is 5.16 Å². The monoisotopic (exact) mass is 347 g/mol. The predicted octanol–water partition coefficient (Wildman–Crippen LogP) is 5.17. The Bertz CT molecular complexity index is 669. The maximum Gasteiger partial charge on any atom is 0.157 e. The molecule has 21 heavy (non-hydrogen) atoms. The lowest BCUT2D eigenvalue weighted by molar-refractivity contribution is 0.306. The second-order valence-corrected chi connectivity index (χ2v) is 5.30. The third kappa shape index (κ3) is 4.00. The highest BCUT2D eigenvalue weighted by molar-refractivity contribution is 6.37. The molecule has 0 fully saturated rings. The van der Waals surface area contributed by atoms with Crippen LogP contribution < -0.4 is 4.74 Å². The molecule has 0 bridgehead atoms. The smallest absolute Gasteiger partial charge is 0.157 e. The third-order valence-electron chi connectivity index (χ3n) is 2.61. The van der Waals surface area contributed by atoms with E-state index in [1.54, 1.807) is 0 Å². The third-order valence-corrected chi connectivity index (χ3v) is 3.53. The number of oxime groups is 1. The fraction of sp³-hybridized carbons (Fsp3) is 0.0714. The highest BCUT2D eigenvalue weighted by Gasteiger charge is 2.11. The number of hydrogen-bond acceptors (Lipinski definition) is 3. The first kappa shape index (κ1) is 15.9. The molecule has 0 aliphatic rings. The molecule has 0 aromatic heterocycles. The van der Waals surface area contributed by atoms with Gasteiger partial charge in [-0.15, -0.1) is 0 Å². The summed E-state index contributed by atoms with van der Waals surface area (Å²) >= 11 is 18.0. The number of nitrogens with zero attached hydrogens (tertiary/aromatic N) is 1. The van der Waals surface area contributed by atoms with Crippen molar-refractivity contribution in [1.82, 2.24) is 0 Å². The highest BCUT2D eigenvalue weighted by Crippen LogP contribution is 2.34. The molecule has 0 amide bonds. The maximum atomic E-state index is 13.0. The van der Waals surface area contributed by atoms with Crippen molar-refractivity contribution >= 4 is 41.0 Å². The molecule has 0 radical (unpaired) electrons. The van der Waals surface area contributed by atoms with Crippen LogP contribution in [0.2, 0.25) is 15.1 Å². The molecule has 110 valence electrons. The Morgan fingerprint density at radius 2 is 1.76 bits per heavy atom. The lowest BCUT2D eigenvalue weighted by Crippen LogP contribution is -1.98. The first-order valence-electron chi connectivity index (χ1n) is 5.74. The summed E-state index contributed by atoms with van der Waals surface area (Å²) in [5.41, 5.74) is 1.13. The molecule has 2 rings (SSSR count). The van der Waals surface area contributed by atoms with Gasteiger partial charge in [0.15, 0.2) is 5.75 Å². The fourth-order valence-corrected chi connectivity index (χ4v) is 2.48. The molecule has 0 aliphatic carbocycles. The summed E-state index contributed by atoms with van der Waals surface area (Å²) in [4.78, 5) is 0. The molecule has 0 atom stereocenters. The summed E-state index contributed by atoms with van der Waals surface area (Å²) in [7, 11) is 0. The standard InChI is InChI=1S/C14H9Cl3FNO2/c15-11-5-10(18)2-1-9(11)7-21-14-12(16)3-8(6-19-20)4-13(14)17/h1-6,20H,7H2/b19-6+. The van der Waals surface area contributed by atoms with E-state index in [2.05, 4.69) is 5.16 Å². The SMILES string of the molecule is O/N=C/c1cc(Cl)c(OCc2ccc(F)cc2Cl)c(Cl)c1. The van der Waals surface area contributed by atoms with Gasteiger partial charge in [0.1, 0.15) is 12.4 Å². The molecular weight excluding hydrogens is 340 g/mol. The van der Waals surface area contributed by atoms with Gasteiger partial charge in [-0.1, -0.05) is 46.0 Å². The summed E-state index contributed by atoms with van der Waals surface area (Å²) < 4.78 is 18.5. The largest absolute Gasteiger partial charge is 0.486 e. The van der Waals surface area contributed by atoms with Crippen LogP contribution in [-0.4, -0.2) is 11.4 Å². The van der Waals surface area contributed by atoms with Crippen LogP contribution >= 0.6 is 34.8 Å². The molecule has 3 nitrogen and oxygen atoms in total. The molecule has 0 saturated heterocycles. The van der Waals surface area contributed by atoms with E-state index in [1.807, 2.05) is 0 Å². The summed E-state index contributed by atoms with van der Waals surface area (Å²) in [6.07, 6.45) is 1.19. The fourth-order valence-electron chi connectivity index (χ4n) is 1.65. The Morgan fingerprint density at radius 1 is 1.10 bits per heavy atom. The molecular formula is C14H9Cl3FNO2. The second kappa shape index (κ2) is 6.98. The Labute approximate surface area is 135 Å². The van der Waals surface area contributed by atoms with Crippen LogP contribution in [-0.2, 0) is 6.61 Å². The van der Waals surface area contributed by atoms with Gasteiger partial charge < -0.3 is 9.94 Å². The van der Waals surface area contributed by atoms with Crippen LogP contribution in [0.1, 0.15) is 11.1 Å². The van der Waals surface area contributed by atoms with Crippen molar-refractivity contribution < 1.29 is 14.3 Å². The maximum absolute atomic E-state index is 13.0. The van der Waals surface area contributed by atoms with Gasteiger partial charge in [0.25, 0.3) is 0 Å². The minimum atomic E-state index is -0.424. The summed E-state index contributed by atoms with van der Waals surface area (Å²) in [6, 6.07) is 7.08. The molecule has 2 aromatic rings. The molecule has 1 N–H and O–H groups in total. The average molecular weight is 349 g/mol. The topological polar surface area (TPSA) is 41.8 Å². The molecule has 2 aromatic carbocycles.